The molecular formula is C52H101NO11. The summed E-state index contributed by atoms with van der Waals surface area (Å²) in [5, 5.41) is 0. The molecule has 0 aliphatic heterocycles. The van der Waals surface area contributed by atoms with Gasteiger partial charge in [-0.25, -0.2) is 4.79 Å². The number of hydrogen-bond donors (Lipinski definition) is 0. The first-order valence-electron chi connectivity index (χ1n) is 26.6. The van der Waals surface area contributed by atoms with Gasteiger partial charge in [-0.1, -0.05) is 170 Å². The Morgan fingerprint density at radius 1 is 0.375 bits per heavy atom. The molecule has 0 bridgehead atoms. The van der Waals surface area contributed by atoms with Crippen molar-refractivity contribution in [3.63, 3.8) is 0 Å². The molecule has 0 spiro atoms. The third-order valence-electron chi connectivity index (χ3n) is 11.5. The van der Waals surface area contributed by atoms with E-state index in [1.807, 2.05) is 0 Å². The summed E-state index contributed by atoms with van der Waals surface area (Å²) in [6, 6.07) is 0. The maximum atomic E-state index is 13.1. The second-order valence-electron chi connectivity index (χ2n) is 17.5. The minimum absolute atomic E-state index is 0.0887. The highest BCUT2D eigenvalue weighted by Gasteiger charge is 2.21. The van der Waals surface area contributed by atoms with Gasteiger partial charge in [-0.2, -0.15) is 0 Å². The molecule has 0 atom stereocenters. The van der Waals surface area contributed by atoms with Crippen LogP contribution in [0.4, 0.5) is 4.79 Å². The van der Waals surface area contributed by atoms with Crippen LogP contribution in [0.5, 0.6) is 0 Å². The highest BCUT2D eigenvalue weighted by Crippen LogP contribution is 2.15. The Hall–Kier alpha value is -1.99. The smallest absolute Gasteiger partial charge is 0.465 e. The van der Waals surface area contributed by atoms with Crippen molar-refractivity contribution in [1.29, 1.82) is 0 Å². The number of nitrogens with zero attached hydrogens (tertiary/aromatic N) is 1. The molecule has 0 radical (unpaired) electrons. The van der Waals surface area contributed by atoms with Crippen LogP contribution < -0.4 is 0 Å². The van der Waals surface area contributed by atoms with Gasteiger partial charge in [-0.15, -0.1) is 0 Å². The lowest BCUT2D eigenvalue weighted by Crippen LogP contribution is -2.28. The van der Waals surface area contributed by atoms with E-state index in [0.717, 1.165) is 71.0 Å². The second-order valence-corrected chi connectivity index (χ2v) is 17.5. The van der Waals surface area contributed by atoms with E-state index in [2.05, 4.69) is 46.4 Å². The van der Waals surface area contributed by atoms with Crippen molar-refractivity contribution in [2.45, 2.75) is 240 Å². The van der Waals surface area contributed by atoms with Gasteiger partial charge in [0, 0.05) is 45.8 Å². The number of hydrogen-bond acceptors (Lipinski definition) is 12. The van der Waals surface area contributed by atoms with Crippen LogP contribution in [-0.4, -0.2) is 108 Å². The molecule has 0 aliphatic carbocycles. The maximum absolute atomic E-state index is 13.1. The lowest BCUT2D eigenvalue weighted by molar-refractivity contribution is -0.163. The molecule has 64 heavy (non-hydrogen) atoms. The zero-order valence-electron chi connectivity index (χ0n) is 42.5. The summed E-state index contributed by atoms with van der Waals surface area (Å²) in [6.07, 6.45) is 27.9. The summed E-state index contributed by atoms with van der Waals surface area (Å²) in [5.41, 5.74) is 0. The summed E-state index contributed by atoms with van der Waals surface area (Å²) in [6.45, 7) is 18.0. The van der Waals surface area contributed by atoms with E-state index in [1.165, 1.54) is 103 Å². The SMILES string of the molecule is CCCCCCCCOC(CCC(=O)OCC(COC(=O)CCC(OCCCCCCCC)OCCCCCCCC)COC(=O)OCCCN(CC)CC)OCCCCCCCC. The first-order valence-corrected chi connectivity index (χ1v) is 26.6. The summed E-state index contributed by atoms with van der Waals surface area (Å²) in [4.78, 5) is 40.9. The van der Waals surface area contributed by atoms with Crippen molar-refractivity contribution in [3.05, 3.63) is 0 Å². The minimum Gasteiger partial charge on any atom is -0.465 e. The van der Waals surface area contributed by atoms with Crippen LogP contribution in [0.15, 0.2) is 0 Å². The van der Waals surface area contributed by atoms with Crippen molar-refractivity contribution in [3.8, 4) is 0 Å². The van der Waals surface area contributed by atoms with Gasteiger partial charge in [0.25, 0.3) is 0 Å². The maximum Gasteiger partial charge on any atom is 0.508 e. The minimum atomic E-state index is -0.803. The van der Waals surface area contributed by atoms with Crippen LogP contribution in [0, 0.1) is 5.92 Å². The first kappa shape index (κ1) is 62.0. The van der Waals surface area contributed by atoms with Gasteiger partial charge in [-0.05, 0) is 45.2 Å². The molecule has 0 fully saturated rings. The van der Waals surface area contributed by atoms with Gasteiger partial charge >= 0.3 is 18.1 Å². The normalized spacial score (nSPS) is 11.7. The summed E-state index contributed by atoms with van der Waals surface area (Å²) in [5.74, 6) is -1.41. The van der Waals surface area contributed by atoms with E-state index >= 15 is 0 Å². The molecule has 0 aromatic rings. The third-order valence-corrected chi connectivity index (χ3v) is 11.5. The van der Waals surface area contributed by atoms with Crippen molar-refractivity contribution in [2.24, 2.45) is 5.92 Å². The van der Waals surface area contributed by atoms with Crippen LogP contribution in [-0.2, 0) is 47.5 Å². The van der Waals surface area contributed by atoms with Gasteiger partial charge < -0.3 is 42.8 Å². The predicted octanol–water partition coefficient (Wildman–Crippen LogP) is 13.3. The monoisotopic (exact) mass is 916 g/mol. The van der Waals surface area contributed by atoms with Crippen LogP contribution in [0.3, 0.4) is 0 Å². The van der Waals surface area contributed by atoms with E-state index in [0.29, 0.717) is 45.7 Å². The van der Waals surface area contributed by atoms with Crippen molar-refractivity contribution < 1.29 is 52.3 Å². The Morgan fingerprint density at radius 2 is 0.703 bits per heavy atom. The molecule has 0 unspecified atom stereocenters. The van der Waals surface area contributed by atoms with Gasteiger partial charge in [0.2, 0.25) is 0 Å². The zero-order valence-corrected chi connectivity index (χ0v) is 42.5. The molecule has 0 saturated heterocycles. The fourth-order valence-corrected chi connectivity index (χ4v) is 7.21. The van der Waals surface area contributed by atoms with Crippen LogP contribution in [0.2, 0.25) is 0 Å². The molecule has 0 aromatic heterocycles. The molecular weight excluding hydrogens is 815 g/mol. The van der Waals surface area contributed by atoms with Crippen molar-refractivity contribution >= 4 is 18.1 Å². The molecule has 12 nitrogen and oxygen atoms in total. The lowest BCUT2D eigenvalue weighted by atomic mass is 10.1. The second kappa shape index (κ2) is 48.9. The van der Waals surface area contributed by atoms with E-state index in [-0.39, 0.29) is 39.3 Å². The zero-order chi connectivity index (χ0) is 47.0. The molecule has 0 amide bonds. The Balaban J connectivity index is 5.31. The Bertz CT molecular complexity index is 918. The predicted molar refractivity (Wildman–Crippen MR) is 258 cm³/mol. The van der Waals surface area contributed by atoms with Gasteiger partial charge in [0.15, 0.2) is 12.6 Å². The van der Waals surface area contributed by atoms with Crippen molar-refractivity contribution in [2.75, 3.05) is 72.5 Å². The molecule has 0 rings (SSSR count). The molecule has 0 aromatic carbocycles. The quantitative estimate of drug-likeness (QED) is 0.0249. The van der Waals surface area contributed by atoms with Crippen LogP contribution >= 0.6 is 0 Å². The fraction of sp³-hybridized carbons (Fsp3) is 0.942. The number of rotatable bonds is 50. The first-order chi connectivity index (χ1) is 31.3. The standard InChI is InChI=1S/C52H101NO11/c1-7-13-17-21-25-29-39-57-50(58-40-30-26-22-18-14-8-2)36-34-48(54)62-44-47(46-64-52(56)61-43-33-38-53(11-5)12-6)45-63-49(55)35-37-51(59-41-31-27-23-19-15-9-3)60-42-32-28-24-20-16-10-4/h47,50-51H,7-46H2,1-6H3. The number of esters is 2. The number of ether oxygens (including phenoxy) is 8. The topological polar surface area (TPSA) is 128 Å². The largest absolute Gasteiger partial charge is 0.508 e. The van der Waals surface area contributed by atoms with Gasteiger partial charge in [0.1, 0.15) is 19.8 Å². The molecule has 0 saturated carbocycles. The summed E-state index contributed by atoms with van der Waals surface area (Å²) in [7, 11) is 0. The average molecular weight is 916 g/mol. The highest BCUT2D eigenvalue weighted by atomic mass is 16.7. The van der Waals surface area contributed by atoms with E-state index in [9.17, 15) is 14.4 Å². The molecule has 380 valence electrons. The Kier molecular flexibility index (Phi) is 47.4. The molecule has 0 heterocycles. The number of carbonyl (C=O) groups is 3. The average Bonchev–Trinajstić information content (AvgIpc) is 3.30. The Labute approximate surface area is 393 Å². The molecule has 0 aliphatic rings. The van der Waals surface area contributed by atoms with E-state index < -0.39 is 36.6 Å². The van der Waals surface area contributed by atoms with Gasteiger partial charge in [-0.3, -0.25) is 9.59 Å². The summed E-state index contributed by atoms with van der Waals surface area (Å²) < 4.78 is 46.6. The Morgan fingerprint density at radius 3 is 1.05 bits per heavy atom. The fourth-order valence-electron chi connectivity index (χ4n) is 7.21. The number of carbonyl (C=O) groups excluding carboxylic acids is 3. The molecule has 0 N–H and O–H groups in total. The van der Waals surface area contributed by atoms with E-state index in [1.54, 1.807) is 0 Å². The molecule has 12 heteroatoms. The summed E-state index contributed by atoms with van der Waals surface area (Å²) >= 11 is 0. The number of unbranched alkanes of at least 4 members (excludes halogenated alkanes) is 20. The van der Waals surface area contributed by atoms with E-state index in [4.69, 9.17) is 37.9 Å². The van der Waals surface area contributed by atoms with Crippen molar-refractivity contribution in [1.82, 2.24) is 4.90 Å². The lowest BCUT2D eigenvalue weighted by Gasteiger charge is -2.20. The third kappa shape index (κ3) is 42.6. The highest BCUT2D eigenvalue weighted by molar-refractivity contribution is 5.69. The van der Waals surface area contributed by atoms with Crippen LogP contribution in [0.25, 0.3) is 0 Å². The van der Waals surface area contributed by atoms with Crippen LogP contribution in [0.1, 0.15) is 228 Å². The van der Waals surface area contributed by atoms with Gasteiger partial charge in [0.05, 0.1) is 25.4 Å².